The Bertz CT molecular complexity index is 1020. The lowest BCUT2D eigenvalue weighted by atomic mass is 10.2. The molecular weight excluding hydrogens is 378 g/mol. The number of amides is 1. The molecule has 0 atom stereocenters. The van der Waals surface area contributed by atoms with Gasteiger partial charge in [-0.25, -0.2) is 4.68 Å². The van der Waals surface area contributed by atoms with E-state index >= 15 is 0 Å². The number of nitrogens with zero attached hydrogens (tertiary/aromatic N) is 4. The summed E-state index contributed by atoms with van der Waals surface area (Å²) in [6, 6.07) is 17.3. The Hall–Kier alpha value is -3.32. The summed E-state index contributed by atoms with van der Waals surface area (Å²) in [6.45, 7) is 7.34. The molecule has 4 rings (SSSR count). The van der Waals surface area contributed by atoms with Crippen LogP contribution in [0.2, 0.25) is 0 Å². The van der Waals surface area contributed by atoms with Gasteiger partial charge in [0, 0.05) is 32.2 Å². The van der Waals surface area contributed by atoms with Crippen molar-refractivity contribution in [1.82, 2.24) is 14.7 Å². The summed E-state index contributed by atoms with van der Waals surface area (Å²) in [5, 5.41) is 17.6. The van der Waals surface area contributed by atoms with E-state index in [0.29, 0.717) is 18.1 Å². The zero-order chi connectivity index (χ0) is 21.1. The molecule has 7 heteroatoms. The lowest BCUT2D eigenvalue weighted by Gasteiger charge is -2.35. The number of hydrogen-bond donors (Lipinski definition) is 2. The number of para-hydroxylation sites is 2. The quantitative estimate of drug-likeness (QED) is 0.683. The van der Waals surface area contributed by atoms with Crippen LogP contribution in [-0.4, -0.2) is 58.4 Å². The van der Waals surface area contributed by atoms with E-state index in [4.69, 9.17) is 0 Å². The van der Waals surface area contributed by atoms with E-state index < -0.39 is 0 Å². The number of aromatic nitrogens is 2. The van der Waals surface area contributed by atoms with Crippen LogP contribution in [0.15, 0.2) is 54.6 Å². The Morgan fingerprint density at radius 2 is 1.73 bits per heavy atom. The van der Waals surface area contributed by atoms with Gasteiger partial charge in [0.2, 0.25) is 5.91 Å². The molecule has 1 aliphatic rings. The van der Waals surface area contributed by atoms with E-state index in [1.165, 1.54) is 5.56 Å². The van der Waals surface area contributed by atoms with Gasteiger partial charge in [0.15, 0.2) is 0 Å². The highest BCUT2D eigenvalue weighted by atomic mass is 16.3. The zero-order valence-electron chi connectivity index (χ0n) is 17.4. The fraction of sp³-hybridized carbons (Fsp3) is 0.304. The third-order valence-corrected chi connectivity index (χ3v) is 5.34. The highest BCUT2D eigenvalue weighted by Crippen LogP contribution is 2.27. The second-order valence-electron chi connectivity index (χ2n) is 7.72. The monoisotopic (exact) mass is 405 g/mol. The summed E-state index contributed by atoms with van der Waals surface area (Å²) in [6.07, 6.45) is 0. The van der Waals surface area contributed by atoms with Crippen molar-refractivity contribution in [2.45, 2.75) is 13.8 Å². The van der Waals surface area contributed by atoms with Crippen molar-refractivity contribution in [3.8, 4) is 11.4 Å². The maximum Gasteiger partial charge on any atom is 0.239 e. The summed E-state index contributed by atoms with van der Waals surface area (Å²) in [5.41, 5.74) is 3.79. The number of anilines is 2. The van der Waals surface area contributed by atoms with Gasteiger partial charge in [0.05, 0.1) is 23.6 Å². The minimum atomic E-state index is -0.0562. The Labute approximate surface area is 176 Å². The van der Waals surface area contributed by atoms with Gasteiger partial charge in [-0.1, -0.05) is 29.8 Å². The molecule has 0 spiro atoms. The highest BCUT2D eigenvalue weighted by Gasteiger charge is 2.21. The predicted molar refractivity (Wildman–Crippen MR) is 118 cm³/mol. The molecule has 2 heterocycles. The van der Waals surface area contributed by atoms with Crippen LogP contribution in [0.5, 0.6) is 5.75 Å². The highest BCUT2D eigenvalue weighted by molar-refractivity contribution is 5.91. The lowest BCUT2D eigenvalue weighted by Crippen LogP contribution is -2.48. The Balaban J connectivity index is 1.36. The molecule has 1 saturated heterocycles. The van der Waals surface area contributed by atoms with Crippen LogP contribution in [0.4, 0.5) is 11.5 Å². The number of carbonyl (C=O) groups excluding carboxylic acids is 1. The van der Waals surface area contributed by atoms with Crippen LogP contribution >= 0.6 is 0 Å². The van der Waals surface area contributed by atoms with E-state index in [1.807, 2.05) is 62.4 Å². The number of rotatable bonds is 5. The summed E-state index contributed by atoms with van der Waals surface area (Å²) in [5.74, 6) is 0.914. The summed E-state index contributed by atoms with van der Waals surface area (Å²) in [7, 11) is 0. The first kappa shape index (κ1) is 20.0. The van der Waals surface area contributed by atoms with Gasteiger partial charge < -0.3 is 15.3 Å². The van der Waals surface area contributed by atoms with Crippen LogP contribution < -0.4 is 10.2 Å². The molecule has 2 aromatic carbocycles. The predicted octanol–water partition coefficient (Wildman–Crippen LogP) is 2.96. The molecule has 1 aromatic heterocycles. The van der Waals surface area contributed by atoms with E-state index in [1.54, 1.807) is 10.7 Å². The minimum absolute atomic E-state index is 0.0562. The molecular formula is C23H27N5O2. The van der Waals surface area contributed by atoms with E-state index in [9.17, 15) is 9.90 Å². The Morgan fingerprint density at radius 1 is 1.03 bits per heavy atom. The van der Waals surface area contributed by atoms with E-state index in [2.05, 4.69) is 20.2 Å². The Morgan fingerprint density at radius 3 is 2.43 bits per heavy atom. The Kier molecular flexibility index (Phi) is 5.72. The molecule has 1 fully saturated rings. The number of benzene rings is 2. The summed E-state index contributed by atoms with van der Waals surface area (Å²) >= 11 is 0. The summed E-state index contributed by atoms with van der Waals surface area (Å²) in [4.78, 5) is 17.0. The number of aryl methyl sites for hydroxylation is 2. The molecule has 0 aliphatic carbocycles. The number of carbonyl (C=O) groups is 1. The SMILES string of the molecule is Cc1ccc(-n2nc(C)cc2NC(=O)CN2CCN(c3ccccc3O)CC2)cc1. The van der Waals surface area contributed by atoms with Gasteiger partial charge in [0.25, 0.3) is 0 Å². The van der Waals surface area contributed by atoms with Crippen LogP contribution in [-0.2, 0) is 4.79 Å². The van der Waals surface area contributed by atoms with Gasteiger partial charge >= 0.3 is 0 Å². The van der Waals surface area contributed by atoms with Crippen LogP contribution in [0, 0.1) is 13.8 Å². The standard InChI is InChI=1S/C23H27N5O2/c1-17-7-9-19(10-8-17)28-22(15-18(2)25-28)24-23(30)16-26-11-13-27(14-12-26)20-5-3-4-6-21(20)29/h3-10,15,29H,11-14,16H2,1-2H3,(H,24,30). The van der Waals surface area contributed by atoms with Gasteiger partial charge in [-0.2, -0.15) is 5.10 Å². The molecule has 0 saturated carbocycles. The molecule has 0 unspecified atom stereocenters. The molecule has 0 radical (unpaired) electrons. The van der Waals surface area contributed by atoms with Crippen molar-refractivity contribution >= 4 is 17.4 Å². The van der Waals surface area contributed by atoms with Crippen molar-refractivity contribution < 1.29 is 9.90 Å². The molecule has 1 amide bonds. The van der Waals surface area contributed by atoms with Crippen molar-refractivity contribution in [1.29, 1.82) is 0 Å². The first-order valence-corrected chi connectivity index (χ1v) is 10.2. The molecule has 7 nitrogen and oxygen atoms in total. The number of hydrogen-bond acceptors (Lipinski definition) is 5. The topological polar surface area (TPSA) is 73.6 Å². The van der Waals surface area contributed by atoms with Crippen molar-refractivity contribution in [3.63, 3.8) is 0 Å². The maximum atomic E-state index is 12.7. The number of phenols is 1. The van der Waals surface area contributed by atoms with E-state index in [0.717, 1.165) is 43.2 Å². The smallest absolute Gasteiger partial charge is 0.239 e. The average Bonchev–Trinajstić information content (AvgIpc) is 3.09. The van der Waals surface area contributed by atoms with E-state index in [-0.39, 0.29) is 5.91 Å². The van der Waals surface area contributed by atoms with Gasteiger partial charge in [-0.05, 0) is 38.1 Å². The van der Waals surface area contributed by atoms with Crippen molar-refractivity contribution in [2.24, 2.45) is 0 Å². The van der Waals surface area contributed by atoms with Crippen LogP contribution in [0.25, 0.3) is 5.69 Å². The van der Waals surface area contributed by atoms with Crippen LogP contribution in [0.1, 0.15) is 11.3 Å². The van der Waals surface area contributed by atoms with Crippen molar-refractivity contribution in [3.05, 3.63) is 65.9 Å². The largest absolute Gasteiger partial charge is 0.506 e. The second-order valence-corrected chi connectivity index (χ2v) is 7.72. The van der Waals surface area contributed by atoms with Gasteiger partial charge in [-0.15, -0.1) is 0 Å². The first-order valence-electron chi connectivity index (χ1n) is 10.2. The fourth-order valence-corrected chi connectivity index (χ4v) is 3.74. The molecule has 30 heavy (non-hydrogen) atoms. The maximum absolute atomic E-state index is 12.7. The third kappa shape index (κ3) is 4.46. The van der Waals surface area contributed by atoms with Crippen LogP contribution in [0.3, 0.4) is 0 Å². The average molecular weight is 406 g/mol. The third-order valence-electron chi connectivity index (χ3n) is 5.34. The first-order chi connectivity index (χ1) is 14.5. The van der Waals surface area contributed by atoms with Crippen molar-refractivity contribution in [2.75, 3.05) is 42.9 Å². The molecule has 2 N–H and O–H groups in total. The fourth-order valence-electron chi connectivity index (χ4n) is 3.74. The molecule has 3 aromatic rings. The number of phenolic OH excluding ortho intramolecular Hbond substituents is 1. The second kappa shape index (κ2) is 8.59. The minimum Gasteiger partial charge on any atom is -0.506 e. The van der Waals surface area contributed by atoms with Gasteiger partial charge in [-0.3, -0.25) is 9.69 Å². The molecule has 156 valence electrons. The summed E-state index contributed by atoms with van der Waals surface area (Å²) < 4.78 is 1.77. The number of aromatic hydroxyl groups is 1. The lowest BCUT2D eigenvalue weighted by molar-refractivity contribution is -0.117. The number of piperazine rings is 1. The molecule has 0 bridgehead atoms. The normalized spacial score (nSPS) is 14.7. The van der Waals surface area contributed by atoms with Gasteiger partial charge in [0.1, 0.15) is 11.6 Å². The molecule has 1 aliphatic heterocycles. The zero-order valence-corrected chi connectivity index (χ0v) is 17.4. The number of nitrogens with one attached hydrogen (secondary N) is 1.